The number of piperidine rings is 1. The summed E-state index contributed by atoms with van der Waals surface area (Å²) in [6.07, 6.45) is 4.27. The lowest BCUT2D eigenvalue weighted by Gasteiger charge is -2.25. The van der Waals surface area contributed by atoms with Crippen LogP contribution >= 0.6 is 0 Å². The Morgan fingerprint density at radius 2 is 2.29 bits per heavy atom. The maximum Gasteiger partial charge on any atom is 0.204 e. The van der Waals surface area contributed by atoms with Gasteiger partial charge in [0.05, 0.1) is 0 Å². The molecule has 0 amide bonds. The summed E-state index contributed by atoms with van der Waals surface area (Å²) in [6.45, 7) is 2.77. The number of nitriles is 1. The molecule has 1 saturated heterocycles. The summed E-state index contributed by atoms with van der Waals surface area (Å²) in [4.78, 5) is 5.28. The lowest BCUT2D eigenvalue weighted by atomic mass is 9.98. The van der Waals surface area contributed by atoms with E-state index in [1.807, 2.05) is 0 Å². The summed E-state index contributed by atoms with van der Waals surface area (Å²) in [5.74, 6) is 0.863. The molecule has 1 heterocycles. The Bertz CT molecular complexity index is 236. The number of nitrogens with one attached hydrogen (secondary N) is 1. The van der Waals surface area contributed by atoms with E-state index in [1.165, 1.54) is 4.90 Å². The summed E-state index contributed by atoms with van der Waals surface area (Å²) in [5.41, 5.74) is 5.58. The van der Waals surface area contributed by atoms with Crippen LogP contribution in [0.1, 0.15) is 12.8 Å². The number of aliphatic imine (C=N–C) groups is 1. The highest BCUT2D eigenvalue weighted by atomic mass is 15.2. The molecule has 0 bridgehead atoms. The van der Waals surface area contributed by atoms with Crippen LogP contribution in [0.25, 0.3) is 0 Å². The quantitative estimate of drug-likeness (QED) is 0.275. The molecule has 1 aliphatic heterocycles. The van der Waals surface area contributed by atoms with Crippen molar-refractivity contribution in [2.24, 2.45) is 16.6 Å². The first-order valence-electron chi connectivity index (χ1n) is 4.88. The van der Waals surface area contributed by atoms with Crippen molar-refractivity contribution in [1.82, 2.24) is 10.2 Å². The lowest BCUT2D eigenvalue weighted by molar-refractivity contribution is 0.324. The predicted molar refractivity (Wildman–Crippen MR) is 55.5 cm³/mol. The van der Waals surface area contributed by atoms with E-state index >= 15 is 0 Å². The molecule has 3 N–H and O–H groups in total. The molecule has 14 heavy (non-hydrogen) atoms. The second-order valence-electron chi connectivity index (χ2n) is 3.49. The average molecular weight is 195 g/mol. The lowest BCUT2D eigenvalue weighted by Crippen LogP contribution is -2.40. The Morgan fingerprint density at radius 3 is 2.79 bits per heavy atom. The Kier molecular flexibility index (Phi) is 4.20. The van der Waals surface area contributed by atoms with Gasteiger partial charge in [-0.2, -0.15) is 5.26 Å². The van der Waals surface area contributed by atoms with Crippen molar-refractivity contribution >= 4 is 5.96 Å². The van der Waals surface area contributed by atoms with E-state index in [9.17, 15) is 0 Å². The maximum atomic E-state index is 8.86. The summed E-state index contributed by atoms with van der Waals surface area (Å²) in [6, 6.07) is 0. The number of nitrogens with two attached hydrogens (primary N) is 1. The van der Waals surface area contributed by atoms with Crippen molar-refractivity contribution in [3.63, 3.8) is 0 Å². The summed E-state index contributed by atoms with van der Waals surface area (Å²) >= 11 is 0. The number of hydrogen-bond acceptors (Lipinski definition) is 3. The van der Waals surface area contributed by atoms with Crippen LogP contribution in [0.15, 0.2) is 4.99 Å². The molecule has 5 nitrogen and oxygen atoms in total. The highest BCUT2D eigenvalue weighted by molar-refractivity contribution is 5.79. The van der Waals surface area contributed by atoms with Crippen LogP contribution in [0.5, 0.6) is 0 Å². The van der Waals surface area contributed by atoms with Gasteiger partial charge in [0.25, 0.3) is 0 Å². The van der Waals surface area contributed by atoms with E-state index < -0.39 is 0 Å². The van der Waals surface area contributed by atoms with Crippen LogP contribution in [0.4, 0.5) is 0 Å². The van der Waals surface area contributed by atoms with Crippen LogP contribution in [-0.4, -0.2) is 37.5 Å². The second-order valence-corrected chi connectivity index (χ2v) is 3.49. The van der Waals surface area contributed by atoms with Crippen LogP contribution in [0, 0.1) is 17.4 Å². The molecule has 1 aliphatic rings. The molecule has 5 heteroatoms. The van der Waals surface area contributed by atoms with Crippen LogP contribution < -0.4 is 11.1 Å². The van der Waals surface area contributed by atoms with Gasteiger partial charge in [0.1, 0.15) is 0 Å². The van der Waals surface area contributed by atoms with Gasteiger partial charge in [-0.25, -0.2) is 4.90 Å². The zero-order valence-electron chi connectivity index (χ0n) is 8.53. The molecule has 0 spiro atoms. The summed E-state index contributed by atoms with van der Waals surface area (Å²) < 4.78 is 0. The smallest absolute Gasteiger partial charge is 0.204 e. The van der Waals surface area contributed by atoms with Gasteiger partial charge in [0.15, 0.2) is 6.19 Å². The van der Waals surface area contributed by atoms with Crippen LogP contribution in [-0.2, 0) is 0 Å². The van der Waals surface area contributed by atoms with Gasteiger partial charge in [-0.05, 0) is 31.8 Å². The number of nitrogens with zero attached hydrogens (tertiary/aromatic N) is 3. The minimum atomic E-state index is 0.311. The zero-order chi connectivity index (χ0) is 10.4. The van der Waals surface area contributed by atoms with Gasteiger partial charge in [-0.3, -0.25) is 4.99 Å². The zero-order valence-corrected chi connectivity index (χ0v) is 8.53. The standard InChI is InChI=1S/C9H17N5/c1-12-9(11)14(7-10)6-8-2-4-13-5-3-8/h8,13H,2-6H2,1H3,(H2,11,12). The molecular weight excluding hydrogens is 178 g/mol. The van der Waals surface area contributed by atoms with E-state index in [0.29, 0.717) is 18.4 Å². The molecule has 78 valence electrons. The predicted octanol–water partition coefficient (Wildman–Crippen LogP) is -0.286. The average Bonchev–Trinajstić information content (AvgIpc) is 2.26. The maximum absolute atomic E-state index is 8.86. The van der Waals surface area contributed by atoms with Crippen LogP contribution in [0.2, 0.25) is 0 Å². The molecule has 0 radical (unpaired) electrons. The molecule has 1 fully saturated rings. The fraction of sp³-hybridized carbons (Fsp3) is 0.778. The fourth-order valence-corrected chi connectivity index (χ4v) is 1.63. The van der Waals surface area contributed by atoms with E-state index in [4.69, 9.17) is 11.0 Å². The Hall–Kier alpha value is -1.28. The van der Waals surface area contributed by atoms with Gasteiger partial charge in [-0.15, -0.1) is 0 Å². The third-order valence-electron chi connectivity index (χ3n) is 2.53. The summed E-state index contributed by atoms with van der Waals surface area (Å²) in [5, 5.41) is 12.1. The minimum Gasteiger partial charge on any atom is -0.369 e. The third kappa shape index (κ3) is 2.89. The van der Waals surface area contributed by atoms with Gasteiger partial charge >= 0.3 is 0 Å². The first kappa shape index (κ1) is 10.8. The largest absolute Gasteiger partial charge is 0.369 e. The van der Waals surface area contributed by atoms with E-state index in [2.05, 4.69) is 16.5 Å². The topological polar surface area (TPSA) is 77.4 Å². The van der Waals surface area contributed by atoms with Gasteiger partial charge < -0.3 is 11.1 Å². The molecule has 0 aromatic rings. The molecule has 0 atom stereocenters. The minimum absolute atomic E-state index is 0.311. The number of guanidine groups is 1. The molecule has 0 aromatic carbocycles. The van der Waals surface area contributed by atoms with Crippen molar-refractivity contribution in [2.45, 2.75) is 12.8 Å². The molecule has 0 aromatic heterocycles. The molecule has 0 unspecified atom stereocenters. The van der Waals surface area contributed by atoms with Crippen molar-refractivity contribution in [3.05, 3.63) is 0 Å². The SMILES string of the molecule is CN=C(N)N(C#N)CC1CCNCC1. The normalized spacial score (nSPS) is 19.0. The van der Waals surface area contributed by atoms with Crippen LogP contribution in [0.3, 0.4) is 0 Å². The number of rotatable bonds is 2. The second kappa shape index (κ2) is 5.45. The van der Waals surface area contributed by atoms with Gasteiger partial charge in [0, 0.05) is 13.6 Å². The monoisotopic (exact) mass is 195 g/mol. The molecular formula is C9H17N5. The fourth-order valence-electron chi connectivity index (χ4n) is 1.63. The molecule has 0 aliphatic carbocycles. The Labute approximate surface area is 84.6 Å². The van der Waals surface area contributed by atoms with Crippen molar-refractivity contribution in [3.8, 4) is 6.19 Å². The van der Waals surface area contributed by atoms with Gasteiger partial charge in [-0.1, -0.05) is 0 Å². The molecule has 0 saturated carbocycles. The highest BCUT2D eigenvalue weighted by Gasteiger charge is 2.17. The molecule has 1 rings (SSSR count). The van der Waals surface area contributed by atoms with E-state index in [-0.39, 0.29) is 0 Å². The van der Waals surface area contributed by atoms with Crippen molar-refractivity contribution < 1.29 is 0 Å². The van der Waals surface area contributed by atoms with Crippen molar-refractivity contribution in [2.75, 3.05) is 26.7 Å². The summed E-state index contributed by atoms with van der Waals surface area (Å²) in [7, 11) is 1.60. The first-order chi connectivity index (χ1) is 6.77. The highest BCUT2D eigenvalue weighted by Crippen LogP contribution is 2.12. The number of hydrogen-bond donors (Lipinski definition) is 2. The van der Waals surface area contributed by atoms with Crippen molar-refractivity contribution in [1.29, 1.82) is 5.26 Å². The van der Waals surface area contributed by atoms with E-state index in [0.717, 1.165) is 25.9 Å². The Morgan fingerprint density at radius 1 is 1.64 bits per heavy atom. The first-order valence-corrected chi connectivity index (χ1v) is 4.88. The third-order valence-corrected chi connectivity index (χ3v) is 2.53. The van der Waals surface area contributed by atoms with E-state index in [1.54, 1.807) is 7.05 Å². The van der Waals surface area contributed by atoms with Gasteiger partial charge in [0.2, 0.25) is 5.96 Å². The Balaban J connectivity index is 2.44.